The normalized spacial score (nSPS) is 20.6. The summed E-state index contributed by atoms with van der Waals surface area (Å²) in [7, 11) is 0. The average Bonchev–Trinajstić information content (AvgIpc) is 2.41. The molecule has 4 heteroatoms. The van der Waals surface area contributed by atoms with Gasteiger partial charge in [-0.15, -0.1) is 0 Å². The molecule has 0 aliphatic carbocycles. The van der Waals surface area contributed by atoms with E-state index < -0.39 is 0 Å². The second-order valence-electron chi connectivity index (χ2n) is 5.92. The summed E-state index contributed by atoms with van der Waals surface area (Å²) in [6.07, 6.45) is 3.88. The number of likely N-dealkylation sites (tertiary alicyclic amines) is 1. The summed E-state index contributed by atoms with van der Waals surface area (Å²) in [6.45, 7) is 7.53. The van der Waals surface area contributed by atoms with Crippen LogP contribution in [0.25, 0.3) is 0 Å². The summed E-state index contributed by atoms with van der Waals surface area (Å²) in [6, 6.07) is 6.96. The van der Waals surface area contributed by atoms with Gasteiger partial charge in [-0.1, -0.05) is 49.5 Å². The van der Waals surface area contributed by atoms with E-state index in [1.807, 2.05) is 18.2 Å². The molecule has 0 saturated carbocycles. The number of hydrogen-bond acceptors (Lipinski definition) is 2. The van der Waals surface area contributed by atoms with Crippen molar-refractivity contribution in [2.75, 3.05) is 13.1 Å². The molecule has 1 N–H and O–H groups in total. The predicted octanol–water partition coefficient (Wildman–Crippen LogP) is 4.35. The third-order valence-electron chi connectivity index (χ3n) is 3.90. The fourth-order valence-electron chi connectivity index (χ4n) is 2.74. The first-order chi connectivity index (χ1) is 9.56. The SMILES string of the molecule is CC(C)NCC1CCCCN1Cc1ccc(Cl)cc1Cl. The van der Waals surface area contributed by atoms with Crippen LogP contribution in [0, 0.1) is 0 Å². The van der Waals surface area contributed by atoms with E-state index in [0.29, 0.717) is 17.1 Å². The largest absolute Gasteiger partial charge is 0.313 e. The summed E-state index contributed by atoms with van der Waals surface area (Å²) in [5.41, 5.74) is 1.17. The van der Waals surface area contributed by atoms with E-state index >= 15 is 0 Å². The Balaban J connectivity index is 2.00. The number of benzene rings is 1. The molecule has 112 valence electrons. The first-order valence-electron chi connectivity index (χ1n) is 7.47. The van der Waals surface area contributed by atoms with Crippen LogP contribution in [0.1, 0.15) is 38.7 Å². The predicted molar refractivity (Wildman–Crippen MR) is 87.6 cm³/mol. The lowest BCUT2D eigenvalue weighted by Crippen LogP contribution is -2.46. The molecule has 1 unspecified atom stereocenters. The fourth-order valence-corrected chi connectivity index (χ4v) is 3.21. The molecule has 0 aromatic heterocycles. The highest BCUT2D eigenvalue weighted by Crippen LogP contribution is 2.25. The first-order valence-corrected chi connectivity index (χ1v) is 8.23. The Labute approximate surface area is 132 Å². The summed E-state index contributed by atoms with van der Waals surface area (Å²) in [5, 5.41) is 5.04. The van der Waals surface area contributed by atoms with Crippen LogP contribution in [0.3, 0.4) is 0 Å². The highest BCUT2D eigenvalue weighted by molar-refractivity contribution is 6.35. The molecule has 0 bridgehead atoms. The zero-order valence-electron chi connectivity index (χ0n) is 12.3. The number of nitrogens with zero attached hydrogens (tertiary/aromatic N) is 1. The summed E-state index contributed by atoms with van der Waals surface area (Å²) in [5.74, 6) is 0. The number of halogens is 2. The van der Waals surface area contributed by atoms with Crippen LogP contribution in [-0.4, -0.2) is 30.1 Å². The van der Waals surface area contributed by atoms with Crippen LogP contribution in [0.15, 0.2) is 18.2 Å². The van der Waals surface area contributed by atoms with Crippen LogP contribution >= 0.6 is 23.2 Å². The van der Waals surface area contributed by atoms with Gasteiger partial charge in [0.2, 0.25) is 0 Å². The molecule has 1 aliphatic rings. The maximum atomic E-state index is 6.30. The number of rotatable bonds is 5. The minimum Gasteiger partial charge on any atom is -0.313 e. The molecule has 1 aliphatic heterocycles. The molecule has 1 fully saturated rings. The summed E-state index contributed by atoms with van der Waals surface area (Å²) >= 11 is 12.3. The Morgan fingerprint density at radius 2 is 2.10 bits per heavy atom. The smallest absolute Gasteiger partial charge is 0.0465 e. The lowest BCUT2D eigenvalue weighted by molar-refractivity contribution is 0.136. The standard InChI is InChI=1S/C16H24Cl2N2/c1-12(2)19-10-15-5-3-4-8-20(15)11-13-6-7-14(17)9-16(13)18/h6-7,9,12,15,19H,3-5,8,10-11H2,1-2H3. The van der Waals surface area contributed by atoms with E-state index in [9.17, 15) is 0 Å². The lowest BCUT2D eigenvalue weighted by atomic mass is 10.0. The third kappa shape index (κ3) is 4.63. The van der Waals surface area contributed by atoms with Crippen molar-refractivity contribution in [3.63, 3.8) is 0 Å². The molecule has 1 aromatic carbocycles. The van der Waals surface area contributed by atoms with E-state index in [0.717, 1.165) is 24.7 Å². The van der Waals surface area contributed by atoms with E-state index in [2.05, 4.69) is 24.1 Å². The van der Waals surface area contributed by atoms with Gasteiger partial charge in [-0.05, 0) is 37.1 Å². The van der Waals surface area contributed by atoms with E-state index in [1.54, 1.807) is 0 Å². The molecule has 20 heavy (non-hydrogen) atoms. The van der Waals surface area contributed by atoms with Crippen molar-refractivity contribution in [3.05, 3.63) is 33.8 Å². The summed E-state index contributed by atoms with van der Waals surface area (Å²) < 4.78 is 0. The van der Waals surface area contributed by atoms with Gasteiger partial charge in [-0.3, -0.25) is 4.90 Å². The second-order valence-corrected chi connectivity index (χ2v) is 6.76. The van der Waals surface area contributed by atoms with Gasteiger partial charge in [-0.25, -0.2) is 0 Å². The van der Waals surface area contributed by atoms with Gasteiger partial charge in [0.15, 0.2) is 0 Å². The molecule has 1 heterocycles. The van der Waals surface area contributed by atoms with Crippen molar-refractivity contribution >= 4 is 23.2 Å². The van der Waals surface area contributed by atoms with Crippen LogP contribution in [0.5, 0.6) is 0 Å². The van der Waals surface area contributed by atoms with Crippen molar-refractivity contribution in [2.45, 2.75) is 51.7 Å². The maximum absolute atomic E-state index is 6.30. The zero-order valence-corrected chi connectivity index (χ0v) is 13.8. The minimum atomic E-state index is 0.540. The van der Waals surface area contributed by atoms with Crippen molar-refractivity contribution in [3.8, 4) is 0 Å². The van der Waals surface area contributed by atoms with Gasteiger partial charge in [-0.2, -0.15) is 0 Å². The highest BCUT2D eigenvalue weighted by atomic mass is 35.5. The topological polar surface area (TPSA) is 15.3 Å². The maximum Gasteiger partial charge on any atom is 0.0465 e. The molecule has 0 amide bonds. The van der Waals surface area contributed by atoms with Gasteiger partial charge in [0.05, 0.1) is 0 Å². The number of piperidine rings is 1. The van der Waals surface area contributed by atoms with Crippen molar-refractivity contribution < 1.29 is 0 Å². The van der Waals surface area contributed by atoms with Crippen molar-refractivity contribution in [1.82, 2.24) is 10.2 Å². The van der Waals surface area contributed by atoms with Crippen LogP contribution in [0.2, 0.25) is 10.0 Å². The molecular weight excluding hydrogens is 291 g/mol. The molecule has 1 aromatic rings. The number of hydrogen-bond donors (Lipinski definition) is 1. The lowest BCUT2D eigenvalue weighted by Gasteiger charge is -2.36. The molecular formula is C16H24Cl2N2. The number of nitrogens with one attached hydrogen (secondary N) is 1. The van der Waals surface area contributed by atoms with Gasteiger partial charge in [0.1, 0.15) is 0 Å². The first kappa shape index (κ1) is 16.1. The van der Waals surface area contributed by atoms with Crippen molar-refractivity contribution in [2.24, 2.45) is 0 Å². The molecule has 1 saturated heterocycles. The van der Waals surface area contributed by atoms with Gasteiger partial charge in [0, 0.05) is 35.2 Å². The highest BCUT2D eigenvalue weighted by Gasteiger charge is 2.22. The molecule has 0 spiro atoms. The minimum absolute atomic E-state index is 0.540. The van der Waals surface area contributed by atoms with Gasteiger partial charge < -0.3 is 5.32 Å². The average molecular weight is 315 g/mol. The van der Waals surface area contributed by atoms with Crippen molar-refractivity contribution in [1.29, 1.82) is 0 Å². The summed E-state index contributed by atoms with van der Waals surface area (Å²) in [4.78, 5) is 2.55. The van der Waals surface area contributed by atoms with E-state index in [1.165, 1.54) is 24.8 Å². The van der Waals surface area contributed by atoms with Crippen LogP contribution in [-0.2, 0) is 6.54 Å². The van der Waals surface area contributed by atoms with E-state index in [-0.39, 0.29) is 0 Å². The third-order valence-corrected chi connectivity index (χ3v) is 4.49. The Bertz CT molecular complexity index is 434. The molecule has 2 nitrogen and oxygen atoms in total. The Hall–Kier alpha value is -0.280. The second kappa shape index (κ2) is 7.65. The zero-order chi connectivity index (χ0) is 14.5. The fraction of sp³-hybridized carbons (Fsp3) is 0.625. The van der Waals surface area contributed by atoms with Gasteiger partial charge in [0.25, 0.3) is 0 Å². The Kier molecular flexibility index (Phi) is 6.16. The van der Waals surface area contributed by atoms with Crippen LogP contribution < -0.4 is 5.32 Å². The Morgan fingerprint density at radius 3 is 2.80 bits per heavy atom. The Morgan fingerprint density at radius 1 is 1.30 bits per heavy atom. The van der Waals surface area contributed by atoms with Crippen LogP contribution in [0.4, 0.5) is 0 Å². The molecule has 2 rings (SSSR count). The van der Waals surface area contributed by atoms with Gasteiger partial charge >= 0.3 is 0 Å². The molecule has 1 atom stereocenters. The monoisotopic (exact) mass is 314 g/mol. The molecule has 0 radical (unpaired) electrons. The quantitative estimate of drug-likeness (QED) is 0.869. The van der Waals surface area contributed by atoms with E-state index in [4.69, 9.17) is 23.2 Å².